The maximum Gasteiger partial charge on any atom is 0.337 e. The minimum absolute atomic E-state index is 0.282. The number of ether oxygens (including phenoxy) is 2. The Morgan fingerprint density at radius 3 is 2.61 bits per heavy atom. The Morgan fingerprint density at radius 1 is 1.22 bits per heavy atom. The van der Waals surface area contributed by atoms with Crippen LogP contribution in [0.3, 0.4) is 0 Å². The first-order chi connectivity index (χ1) is 11.1. The van der Waals surface area contributed by atoms with Crippen molar-refractivity contribution >= 4 is 5.97 Å². The van der Waals surface area contributed by atoms with E-state index in [0.29, 0.717) is 23.3 Å². The SMILES string of the molecule is COC(=O)c1ccc(C2CC(N)C(O)c3ccccc3O2)cc1. The predicted molar refractivity (Wildman–Crippen MR) is 85.1 cm³/mol. The van der Waals surface area contributed by atoms with Crippen molar-refractivity contribution in [2.24, 2.45) is 5.73 Å². The number of aliphatic hydroxyl groups excluding tert-OH is 1. The van der Waals surface area contributed by atoms with Crippen LogP contribution in [0, 0.1) is 0 Å². The van der Waals surface area contributed by atoms with E-state index in [-0.39, 0.29) is 12.1 Å². The highest BCUT2D eigenvalue weighted by molar-refractivity contribution is 5.89. The largest absolute Gasteiger partial charge is 0.485 e. The average molecular weight is 313 g/mol. The monoisotopic (exact) mass is 313 g/mol. The number of carbonyl (C=O) groups is 1. The number of carbonyl (C=O) groups excluding carboxylic acids is 1. The maximum absolute atomic E-state index is 11.5. The van der Waals surface area contributed by atoms with E-state index < -0.39 is 12.1 Å². The van der Waals surface area contributed by atoms with Gasteiger partial charge in [-0.3, -0.25) is 0 Å². The van der Waals surface area contributed by atoms with Crippen LogP contribution < -0.4 is 10.5 Å². The van der Waals surface area contributed by atoms with Gasteiger partial charge in [-0.15, -0.1) is 0 Å². The fourth-order valence-corrected chi connectivity index (χ4v) is 2.80. The van der Waals surface area contributed by atoms with Crippen molar-refractivity contribution in [2.45, 2.75) is 24.7 Å². The number of esters is 1. The van der Waals surface area contributed by atoms with Crippen LogP contribution in [-0.4, -0.2) is 24.2 Å². The lowest BCUT2D eigenvalue weighted by atomic mass is 9.96. The van der Waals surface area contributed by atoms with Crippen molar-refractivity contribution in [2.75, 3.05) is 7.11 Å². The smallest absolute Gasteiger partial charge is 0.337 e. The number of nitrogens with two attached hydrogens (primary N) is 1. The number of rotatable bonds is 2. The van der Waals surface area contributed by atoms with Gasteiger partial charge in [0.2, 0.25) is 0 Å². The third-order valence-electron chi connectivity index (χ3n) is 4.10. The number of hydrogen-bond donors (Lipinski definition) is 2. The molecule has 3 N–H and O–H groups in total. The molecule has 23 heavy (non-hydrogen) atoms. The van der Waals surface area contributed by atoms with E-state index in [4.69, 9.17) is 15.2 Å². The van der Waals surface area contributed by atoms with Gasteiger partial charge < -0.3 is 20.3 Å². The third-order valence-corrected chi connectivity index (χ3v) is 4.10. The topological polar surface area (TPSA) is 81.8 Å². The molecule has 0 spiro atoms. The molecule has 5 heteroatoms. The average Bonchev–Trinajstić information content (AvgIpc) is 2.72. The van der Waals surface area contributed by atoms with Gasteiger partial charge in [-0.1, -0.05) is 30.3 Å². The lowest BCUT2D eigenvalue weighted by molar-refractivity contribution is 0.0600. The van der Waals surface area contributed by atoms with Crippen molar-refractivity contribution in [3.8, 4) is 5.75 Å². The second-order valence-corrected chi connectivity index (χ2v) is 5.60. The highest BCUT2D eigenvalue weighted by atomic mass is 16.5. The summed E-state index contributed by atoms with van der Waals surface area (Å²) in [4.78, 5) is 11.5. The number of fused-ring (bicyclic) bond motifs is 1. The van der Waals surface area contributed by atoms with E-state index in [1.807, 2.05) is 36.4 Å². The molecular formula is C18H19NO4. The Morgan fingerprint density at radius 2 is 1.91 bits per heavy atom. The Balaban J connectivity index is 1.90. The van der Waals surface area contributed by atoms with Gasteiger partial charge in [-0.25, -0.2) is 4.79 Å². The molecule has 2 aromatic carbocycles. The van der Waals surface area contributed by atoms with Crippen LogP contribution in [-0.2, 0) is 4.74 Å². The molecular weight excluding hydrogens is 294 g/mol. The van der Waals surface area contributed by atoms with Gasteiger partial charge in [-0.2, -0.15) is 0 Å². The fraction of sp³-hybridized carbons (Fsp3) is 0.278. The van der Waals surface area contributed by atoms with Crippen LogP contribution in [0.25, 0.3) is 0 Å². The summed E-state index contributed by atoms with van der Waals surface area (Å²) in [6.45, 7) is 0. The van der Waals surface area contributed by atoms with Crippen molar-refractivity contribution in [3.05, 3.63) is 65.2 Å². The van der Waals surface area contributed by atoms with Crippen LogP contribution in [0.2, 0.25) is 0 Å². The summed E-state index contributed by atoms with van der Waals surface area (Å²) in [6, 6.07) is 14.0. The standard InChI is InChI=1S/C18H19NO4/c1-22-18(21)12-8-6-11(7-9-12)16-10-14(19)17(20)13-4-2-3-5-15(13)23-16/h2-9,14,16-17,20H,10,19H2,1H3. The van der Waals surface area contributed by atoms with Gasteiger partial charge in [0.25, 0.3) is 0 Å². The minimum Gasteiger partial charge on any atom is -0.485 e. The van der Waals surface area contributed by atoms with Crippen LogP contribution in [0.15, 0.2) is 48.5 Å². The van der Waals surface area contributed by atoms with Crippen molar-refractivity contribution < 1.29 is 19.4 Å². The molecule has 3 atom stereocenters. The summed E-state index contributed by atoms with van der Waals surface area (Å²) in [5.74, 6) is 0.255. The van der Waals surface area contributed by atoms with Crippen molar-refractivity contribution in [1.29, 1.82) is 0 Å². The number of methoxy groups -OCH3 is 1. The summed E-state index contributed by atoms with van der Waals surface area (Å²) in [7, 11) is 1.35. The summed E-state index contributed by atoms with van der Waals surface area (Å²) >= 11 is 0. The molecule has 1 heterocycles. The number of benzene rings is 2. The van der Waals surface area contributed by atoms with E-state index >= 15 is 0 Å². The van der Waals surface area contributed by atoms with Gasteiger partial charge in [0.1, 0.15) is 11.9 Å². The molecule has 1 aliphatic heterocycles. The van der Waals surface area contributed by atoms with Crippen LogP contribution >= 0.6 is 0 Å². The molecule has 0 aliphatic carbocycles. The van der Waals surface area contributed by atoms with E-state index in [0.717, 1.165) is 5.56 Å². The van der Waals surface area contributed by atoms with Crippen LogP contribution in [0.4, 0.5) is 0 Å². The summed E-state index contributed by atoms with van der Waals surface area (Å²) in [5.41, 5.74) is 8.20. The molecule has 0 fully saturated rings. The van der Waals surface area contributed by atoms with E-state index in [9.17, 15) is 9.90 Å². The van der Waals surface area contributed by atoms with E-state index in [2.05, 4.69) is 0 Å². The summed E-state index contributed by atoms with van der Waals surface area (Å²) in [5, 5.41) is 10.4. The van der Waals surface area contributed by atoms with Gasteiger partial charge in [0.05, 0.1) is 18.8 Å². The second kappa shape index (κ2) is 6.40. The van der Waals surface area contributed by atoms with Gasteiger partial charge in [-0.05, 0) is 23.8 Å². The molecule has 120 valence electrons. The molecule has 0 saturated heterocycles. The summed E-state index contributed by atoms with van der Waals surface area (Å²) in [6.07, 6.45) is -0.562. The third kappa shape index (κ3) is 3.06. The molecule has 1 aliphatic rings. The molecule has 2 aromatic rings. The molecule has 0 saturated carbocycles. The lowest BCUT2D eigenvalue weighted by Gasteiger charge is -2.20. The maximum atomic E-state index is 11.5. The minimum atomic E-state index is -0.759. The Bertz CT molecular complexity index is 698. The van der Waals surface area contributed by atoms with E-state index in [1.165, 1.54) is 7.11 Å². The number of para-hydroxylation sites is 1. The van der Waals surface area contributed by atoms with Gasteiger partial charge >= 0.3 is 5.97 Å². The lowest BCUT2D eigenvalue weighted by Crippen LogP contribution is -2.29. The zero-order valence-corrected chi connectivity index (χ0v) is 12.8. The Kier molecular flexibility index (Phi) is 4.32. The molecule has 0 aromatic heterocycles. The zero-order chi connectivity index (χ0) is 16.4. The van der Waals surface area contributed by atoms with Crippen LogP contribution in [0.1, 0.15) is 40.1 Å². The van der Waals surface area contributed by atoms with Gasteiger partial charge in [0, 0.05) is 18.0 Å². The number of hydrogen-bond acceptors (Lipinski definition) is 5. The van der Waals surface area contributed by atoms with Crippen LogP contribution in [0.5, 0.6) is 5.75 Å². The predicted octanol–water partition coefficient (Wildman–Crippen LogP) is 2.36. The molecule has 0 radical (unpaired) electrons. The first kappa shape index (κ1) is 15.5. The Labute approximate surface area is 134 Å². The first-order valence-corrected chi connectivity index (χ1v) is 7.47. The fourth-order valence-electron chi connectivity index (χ4n) is 2.80. The number of aliphatic hydroxyl groups is 1. The quantitative estimate of drug-likeness (QED) is 0.832. The molecule has 5 nitrogen and oxygen atoms in total. The highest BCUT2D eigenvalue weighted by Crippen LogP contribution is 2.37. The highest BCUT2D eigenvalue weighted by Gasteiger charge is 2.30. The first-order valence-electron chi connectivity index (χ1n) is 7.47. The molecule has 3 unspecified atom stereocenters. The zero-order valence-electron chi connectivity index (χ0n) is 12.8. The van der Waals surface area contributed by atoms with Crippen molar-refractivity contribution in [1.82, 2.24) is 0 Å². The summed E-state index contributed by atoms with van der Waals surface area (Å²) < 4.78 is 10.8. The molecule has 3 rings (SSSR count). The molecule has 0 bridgehead atoms. The normalized spacial score (nSPS) is 23.3. The van der Waals surface area contributed by atoms with Gasteiger partial charge in [0.15, 0.2) is 0 Å². The Hall–Kier alpha value is -2.37. The molecule has 0 amide bonds. The van der Waals surface area contributed by atoms with E-state index in [1.54, 1.807) is 12.1 Å². The van der Waals surface area contributed by atoms with Crippen molar-refractivity contribution in [3.63, 3.8) is 0 Å². The second-order valence-electron chi connectivity index (χ2n) is 5.60.